The molecule has 0 saturated carbocycles. The molecule has 0 unspecified atom stereocenters. The lowest BCUT2D eigenvalue weighted by atomic mass is 9.62. The summed E-state index contributed by atoms with van der Waals surface area (Å²) in [5.41, 5.74) is -3.98. The molecule has 4 rings (SSSR count). The van der Waals surface area contributed by atoms with Crippen LogP contribution in [-0.2, 0) is 19.9 Å². The molecule has 0 aromatic heterocycles. The third-order valence-corrected chi connectivity index (χ3v) is 7.60. The zero-order chi connectivity index (χ0) is 26.1. The van der Waals surface area contributed by atoms with Gasteiger partial charge in [0.15, 0.2) is 0 Å². The fourth-order valence-corrected chi connectivity index (χ4v) is 5.71. The quantitative estimate of drug-likeness (QED) is 0.580. The number of nitrogens with one attached hydrogen (secondary N) is 1. The van der Waals surface area contributed by atoms with Gasteiger partial charge in [0.1, 0.15) is 0 Å². The van der Waals surface area contributed by atoms with Gasteiger partial charge in [0.05, 0.1) is 0 Å². The van der Waals surface area contributed by atoms with Crippen LogP contribution in [0, 0.1) is 5.41 Å². The Balaban J connectivity index is 1.65. The number of ether oxygens (including phenoxy) is 1. The van der Waals surface area contributed by atoms with Crippen molar-refractivity contribution in [3.8, 4) is 0 Å². The lowest BCUT2D eigenvalue weighted by Gasteiger charge is -2.50. The van der Waals surface area contributed by atoms with Crippen molar-refractivity contribution in [3.63, 3.8) is 0 Å². The predicted octanol–water partition coefficient (Wildman–Crippen LogP) is 4.94. The highest BCUT2D eigenvalue weighted by Crippen LogP contribution is 2.51. The van der Waals surface area contributed by atoms with Gasteiger partial charge in [-0.15, -0.1) is 0 Å². The molecular formula is C26H27F5N2O3. The molecule has 0 bridgehead atoms. The van der Waals surface area contributed by atoms with E-state index in [4.69, 9.17) is 4.74 Å². The molecule has 0 radical (unpaired) electrons. The number of carbonyl (C=O) groups is 2. The first-order valence-corrected chi connectivity index (χ1v) is 11.7. The number of amides is 2. The number of piperidine rings is 2. The molecule has 1 spiro atoms. The number of nitrogens with zero attached hydrogens (tertiary/aromatic N) is 1. The molecule has 2 aromatic rings. The SMILES string of the molecule is CO[C@@](C(=O)N1CCC2(CC1)CC(=O)NC[C@@H]2c1ccccc1C(F)F)(c1ccccc1)C(F)(F)F. The predicted molar refractivity (Wildman–Crippen MR) is 121 cm³/mol. The fraction of sp³-hybridized carbons (Fsp3) is 0.462. The van der Waals surface area contributed by atoms with E-state index in [1.807, 2.05) is 0 Å². The minimum absolute atomic E-state index is 0.0463. The molecule has 36 heavy (non-hydrogen) atoms. The number of carbonyl (C=O) groups excluding carboxylic acids is 2. The summed E-state index contributed by atoms with van der Waals surface area (Å²) in [5, 5.41) is 2.74. The number of rotatable bonds is 5. The minimum atomic E-state index is -5.03. The molecule has 1 N–H and O–H groups in total. The second kappa shape index (κ2) is 9.80. The number of halogens is 5. The van der Waals surface area contributed by atoms with Crippen LogP contribution in [0.15, 0.2) is 54.6 Å². The number of likely N-dealkylation sites (tertiary alicyclic amines) is 1. The van der Waals surface area contributed by atoms with Gasteiger partial charge in [0.2, 0.25) is 5.91 Å². The Hall–Kier alpha value is -3.01. The highest BCUT2D eigenvalue weighted by Gasteiger charge is 2.64. The maximum atomic E-state index is 14.4. The van der Waals surface area contributed by atoms with E-state index >= 15 is 0 Å². The van der Waals surface area contributed by atoms with Gasteiger partial charge >= 0.3 is 6.18 Å². The van der Waals surface area contributed by atoms with E-state index in [2.05, 4.69) is 5.32 Å². The normalized spacial score (nSPS) is 21.8. The summed E-state index contributed by atoms with van der Waals surface area (Å²) < 4.78 is 75.6. The second-order valence-electron chi connectivity index (χ2n) is 9.37. The van der Waals surface area contributed by atoms with E-state index in [0.29, 0.717) is 5.56 Å². The van der Waals surface area contributed by atoms with E-state index in [1.54, 1.807) is 18.2 Å². The summed E-state index contributed by atoms with van der Waals surface area (Å²) >= 11 is 0. The van der Waals surface area contributed by atoms with Crippen LogP contribution in [0.3, 0.4) is 0 Å². The summed E-state index contributed by atoms with van der Waals surface area (Å²) in [7, 11) is 0.854. The average molecular weight is 511 g/mol. The van der Waals surface area contributed by atoms with Gasteiger partial charge in [-0.1, -0.05) is 54.6 Å². The van der Waals surface area contributed by atoms with Crippen molar-refractivity contribution in [3.05, 3.63) is 71.3 Å². The Bertz CT molecular complexity index is 1100. The van der Waals surface area contributed by atoms with Gasteiger partial charge in [0, 0.05) is 50.2 Å². The summed E-state index contributed by atoms with van der Waals surface area (Å²) in [6, 6.07) is 12.9. The molecular weight excluding hydrogens is 483 g/mol. The first kappa shape index (κ1) is 26.1. The summed E-state index contributed by atoms with van der Waals surface area (Å²) in [6.45, 7) is 0.0199. The first-order valence-electron chi connectivity index (χ1n) is 11.7. The van der Waals surface area contributed by atoms with E-state index in [9.17, 15) is 31.5 Å². The highest BCUT2D eigenvalue weighted by atomic mass is 19.4. The molecule has 2 aliphatic rings. The van der Waals surface area contributed by atoms with E-state index < -0.39 is 35.4 Å². The third-order valence-electron chi connectivity index (χ3n) is 7.60. The Morgan fingerprint density at radius 3 is 2.25 bits per heavy atom. The maximum absolute atomic E-state index is 14.4. The molecule has 5 nitrogen and oxygen atoms in total. The molecule has 2 amide bonds. The van der Waals surface area contributed by atoms with Gasteiger partial charge in [-0.2, -0.15) is 13.2 Å². The van der Waals surface area contributed by atoms with Gasteiger partial charge in [0.25, 0.3) is 17.9 Å². The minimum Gasteiger partial charge on any atom is -0.356 e. The molecule has 2 atom stereocenters. The topological polar surface area (TPSA) is 58.6 Å². The van der Waals surface area contributed by atoms with E-state index in [-0.39, 0.29) is 55.9 Å². The van der Waals surface area contributed by atoms with Crippen LogP contribution in [0.5, 0.6) is 0 Å². The number of hydrogen-bond acceptors (Lipinski definition) is 3. The van der Waals surface area contributed by atoms with Crippen molar-refractivity contribution in [1.29, 1.82) is 0 Å². The van der Waals surface area contributed by atoms with Gasteiger partial charge in [-0.25, -0.2) is 8.78 Å². The summed E-state index contributed by atoms with van der Waals surface area (Å²) in [5.74, 6) is -1.93. The molecule has 2 heterocycles. The van der Waals surface area contributed by atoms with Crippen LogP contribution in [0.4, 0.5) is 22.0 Å². The molecule has 2 aliphatic heterocycles. The van der Waals surface area contributed by atoms with E-state index in [0.717, 1.165) is 12.0 Å². The lowest BCUT2D eigenvalue weighted by molar-refractivity contribution is -0.271. The largest absolute Gasteiger partial charge is 0.430 e. The second-order valence-corrected chi connectivity index (χ2v) is 9.37. The standard InChI is InChI=1S/C26H27F5N2O3/c1-36-25(26(29,30)31,17-7-3-2-4-8-17)23(35)33-13-11-24(12-14-33)15-21(34)32-16-20(24)18-9-5-6-10-19(18)22(27)28/h2-10,20,22H,11-16H2,1H3,(H,32,34)/t20-,25-/m1/s1. The van der Waals surface area contributed by atoms with Crippen LogP contribution in [0.2, 0.25) is 0 Å². The van der Waals surface area contributed by atoms with Crippen LogP contribution >= 0.6 is 0 Å². The first-order chi connectivity index (χ1) is 17.1. The number of benzene rings is 2. The number of alkyl halides is 5. The molecule has 2 aromatic carbocycles. The van der Waals surface area contributed by atoms with Crippen molar-refractivity contribution in [2.45, 2.75) is 43.4 Å². The molecule has 10 heteroatoms. The monoisotopic (exact) mass is 510 g/mol. The van der Waals surface area contributed by atoms with Crippen LogP contribution < -0.4 is 5.32 Å². The van der Waals surface area contributed by atoms with Crippen molar-refractivity contribution in [2.24, 2.45) is 5.41 Å². The lowest BCUT2D eigenvalue weighted by Crippen LogP contribution is -2.60. The van der Waals surface area contributed by atoms with Crippen molar-refractivity contribution in [2.75, 3.05) is 26.7 Å². The third kappa shape index (κ3) is 4.36. The highest BCUT2D eigenvalue weighted by molar-refractivity contribution is 5.88. The van der Waals surface area contributed by atoms with Crippen molar-refractivity contribution in [1.82, 2.24) is 10.2 Å². The Kier molecular flexibility index (Phi) is 7.10. The van der Waals surface area contributed by atoms with Gasteiger partial charge < -0.3 is 15.0 Å². The molecule has 0 aliphatic carbocycles. The van der Waals surface area contributed by atoms with Crippen molar-refractivity contribution < 1.29 is 36.3 Å². The maximum Gasteiger partial charge on any atom is 0.430 e. The van der Waals surface area contributed by atoms with Gasteiger partial charge in [-0.3, -0.25) is 9.59 Å². The van der Waals surface area contributed by atoms with Crippen LogP contribution in [0.25, 0.3) is 0 Å². The average Bonchev–Trinajstić information content (AvgIpc) is 2.85. The number of hydrogen-bond donors (Lipinski definition) is 1. The van der Waals surface area contributed by atoms with Gasteiger partial charge in [-0.05, 0) is 23.8 Å². The van der Waals surface area contributed by atoms with Crippen LogP contribution in [-0.4, -0.2) is 49.6 Å². The molecule has 2 saturated heterocycles. The van der Waals surface area contributed by atoms with Crippen LogP contribution in [0.1, 0.15) is 48.3 Å². The Labute approximate surface area is 205 Å². The summed E-state index contributed by atoms with van der Waals surface area (Å²) in [6.07, 6.45) is -7.30. The summed E-state index contributed by atoms with van der Waals surface area (Å²) in [4.78, 5) is 26.9. The van der Waals surface area contributed by atoms with E-state index in [1.165, 1.54) is 36.4 Å². The fourth-order valence-electron chi connectivity index (χ4n) is 5.71. The number of methoxy groups -OCH3 is 1. The smallest absolute Gasteiger partial charge is 0.356 e. The Morgan fingerprint density at radius 2 is 1.67 bits per heavy atom. The zero-order valence-electron chi connectivity index (χ0n) is 19.7. The Morgan fingerprint density at radius 1 is 1.06 bits per heavy atom. The van der Waals surface area contributed by atoms with Crippen molar-refractivity contribution >= 4 is 11.8 Å². The molecule has 194 valence electrons. The molecule has 2 fully saturated rings. The zero-order valence-corrected chi connectivity index (χ0v) is 19.7.